The van der Waals surface area contributed by atoms with Gasteiger partial charge in [0.05, 0.1) is 12.1 Å². The van der Waals surface area contributed by atoms with Crippen LogP contribution >= 0.6 is 0 Å². The summed E-state index contributed by atoms with van der Waals surface area (Å²) in [7, 11) is 0. The summed E-state index contributed by atoms with van der Waals surface area (Å²) < 4.78 is 1.14. The van der Waals surface area contributed by atoms with Gasteiger partial charge in [-0.2, -0.15) is 0 Å². The summed E-state index contributed by atoms with van der Waals surface area (Å²) in [6.07, 6.45) is 1.85. The van der Waals surface area contributed by atoms with Gasteiger partial charge in [-0.05, 0) is 39.3 Å². The van der Waals surface area contributed by atoms with E-state index in [1.807, 2.05) is 31.2 Å². The first-order valence-corrected chi connectivity index (χ1v) is 11.2. The predicted octanol–water partition coefficient (Wildman–Crippen LogP) is 0.175. The normalized spacial score (nSPS) is 21.9. The molecular weight excluding hydrogens is 441 g/mol. The number of hydrogen-bond acceptors (Lipinski definition) is 5. The van der Waals surface area contributed by atoms with Crippen molar-refractivity contribution < 1.29 is 14.4 Å². The number of urea groups is 1. The van der Waals surface area contributed by atoms with E-state index in [4.69, 9.17) is 0 Å². The second-order valence-corrected chi connectivity index (χ2v) is 8.96. The van der Waals surface area contributed by atoms with Crippen molar-refractivity contribution >= 4 is 23.5 Å². The van der Waals surface area contributed by atoms with E-state index in [9.17, 15) is 24.0 Å². The minimum Gasteiger partial charge on any atom is -0.334 e. The number of anilines is 1. The quantitative estimate of drug-likeness (QED) is 0.549. The summed E-state index contributed by atoms with van der Waals surface area (Å²) in [5.74, 6) is -0.583. The van der Waals surface area contributed by atoms with Crippen molar-refractivity contribution in [3.8, 4) is 0 Å². The zero-order chi connectivity index (χ0) is 24.6. The number of aromatic nitrogens is 2. The molecule has 3 atom stereocenters. The van der Waals surface area contributed by atoms with E-state index in [2.05, 4.69) is 15.6 Å². The number of amides is 4. The first kappa shape index (κ1) is 23.3. The number of nitrogens with one attached hydrogen (secondary N) is 3. The molecule has 2 fully saturated rings. The standard InChI is InChI=1S/C23H28N6O5/c1-13-4-6-16(7-5-13)24-22(33)25-17-8-18-11-28(15(3)21(32)29(18)10-17)19(30)12-27-9-14(2)20(31)26-23(27)34/h4-7,9,15,17-18H,8,10-12H2,1-3H3,(H2,24,25,33)(H,26,31,34)/t15-,17-,18-/m0/s1/i28+1. The fourth-order valence-corrected chi connectivity index (χ4v) is 4.50. The molecule has 1 aromatic heterocycles. The Kier molecular flexibility index (Phi) is 6.27. The number of benzene rings is 1. The van der Waals surface area contributed by atoms with Gasteiger partial charge in [0.1, 0.15) is 12.6 Å². The third-order valence-electron chi connectivity index (χ3n) is 6.39. The molecule has 1 aromatic carbocycles. The van der Waals surface area contributed by atoms with E-state index in [-0.39, 0.29) is 36.5 Å². The van der Waals surface area contributed by atoms with Crippen molar-refractivity contribution in [2.75, 3.05) is 18.4 Å². The minimum absolute atomic E-state index is 0.196. The molecule has 0 radical (unpaired) electrons. The average molecular weight is 470 g/mol. The van der Waals surface area contributed by atoms with Crippen LogP contribution in [-0.2, 0) is 16.1 Å². The summed E-state index contributed by atoms with van der Waals surface area (Å²) in [6.45, 7) is 5.56. The monoisotopic (exact) mass is 469 g/mol. The zero-order valence-corrected chi connectivity index (χ0v) is 19.3. The molecule has 180 valence electrons. The van der Waals surface area contributed by atoms with Crippen LogP contribution in [0.5, 0.6) is 0 Å². The van der Waals surface area contributed by atoms with Gasteiger partial charge < -0.3 is 20.4 Å². The minimum atomic E-state index is -0.691. The molecule has 0 aliphatic carbocycles. The van der Waals surface area contributed by atoms with Crippen LogP contribution in [0.2, 0.25) is 0 Å². The number of nitrogens with zero attached hydrogens (tertiary/aromatic N) is 3. The van der Waals surface area contributed by atoms with Crippen LogP contribution < -0.4 is 21.9 Å². The molecule has 11 nitrogen and oxygen atoms in total. The van der Waals surface area contributed by atoms with Gasteiger partial charge in [0.15, 0.2) is 0 Å². The van der Waals surface area contributed by atoms with Gasteiger partial charge in [0.2, 0.25) is 11.8 Å². The van der Waals surface area contributed by atoms with Crippen LogP contribution in [0.3, 0.4) is 0 Å². The second kappa shape index (κ2) is 9.16. The number of rotatable bonds is 4. The molecule has 0 spiro atoms. The fourth-order valence-electron chi connectivity index (χ4n) is 4.50. The van der Waals surface area contributed by atoms with Crippen LogP contribution in [-0.4, -0.2) is 68.4 Å². The molecule has 2 saturated heterocycles. The van der Waals surface area contributed by atoms with E-state index in [1.54, 1.807) is 18.7 Å². The summed E-state index contributed by atoms with van der Waals surface area (Å²) in [6, 6.07) is 5.92. The Bertz CT molecular complexity index is 1230. The Morgan fingerprint density at radius 1 is 1.09 bits per heavy atom. The number of aromatic amines is 1. The lowest BCUT2D eigenvalue weighted by atomic mass is 10.1. The lowest BCUT2D eigenvalue weighted by Gasteiger charge is -2.41. The summed E-state index contributed by atoms with van der Waals surface area (Å²) >= 11 is 0. The highest BCUT2D eigenvalue weighted by molar-refractivity contribution is 5.91. The fraction of sp³-hybridized carbons (Fsp3) is 0.435. The molecule has 3 N–H and O–H groups in total. The van der Waals surface area contributed by atoms with Gasteiger partial charge in [0.25, 0.3) is 5.56 Å². The molecule has 11 heteroatoms. The Morgan fingerprint density at radius 3 is 2.50 bits per heavy atom. The van der Waals surface area contributed by atoms with Crippen molar-refractivity contribution in [2.24, 2.45) is 0 Å². The van der Waals surface area contributed by atoms with Gasteiger partial charge in [-0.25, -0.2) is 9.59 Å². The molecule has 4 rings (SSSR count). The number of H-pyrrole nitrogens is 1. The smallest absolute Gasteiger partial charge is 0.328 e. The third kappa shape index (κ3) is 4.73. The molecule has 34 heavy (non-hydrogen) atoms. The summed E-state index contributed by atoms with van der Waals surface area (Å²) in [4.78, 5) is 67.3. The first-order chi connectivity index (χ1) is 16.1. The van der Waals surface area contributed by atoms with E-state index in [1.165, 1.54) is 11.1 Å². The van der Waals surface area contributed by atoms with Gasteiger partial charge >= 0.3 is 11.7 Å². The van der Waals surface area contributed by atoms with Crippen molar-refractivity contribution in [3.05, 3.63) is 62.4 Å². The molecule has 4 amide bonds. The largest absolute Gasteiger partial charge is 0.334 e. The number of carbonyl (C=O) groups excluding carboxylic acids is 3. The highest BCUT2D eigenvalue weighted by Crippen LogP contribution is 2.26. The average Bonchev–Trinajstić information content (AvgIpc) is 3.18. The molecule has 3 heterocycles. The number of fused-ring (bicyclic) bond motifs is 1. The van der Waals surface area contributed by atoms with Crippen molar-refractivity contribution in [2.45, 2.75) is 51.9 Å². The Hall–Kier alpha value is -3.89. The SMILES string of the molecule is Cc1ccc(NC(=O)N[C@H]2C[C@H]3C[15N](C(=O)Cn4cc(C)c(=O)[nH]c4=O)[C@@H](C)C(=O)N3C2)cc1. The third-order valence-corrected chi connectivity index (χ3v) is 6.39. The number of carbonyl (C=O) groups is 3. The predicted molar refractivity (Wildman–Crippen MR) is 124 cm³/mol. The lowest BCUT2D eigenvalue weighted by molar-refractivity contribution is -0.152. The molecule has 0 saturated carbocycles. The van der Waals surface area contributed by atoms with Crippen molar-refractivity contribution in [3.63, 3.8) is 0 Å². The second-order valence-electron chi connectivity index (χ2n) is 8.96. The maximum atomic E-state index is 13.0. The van der Waals surface area contributed by atoms with Crippen LogP contribution in [0.15, 0.2) is 40.1 Å². The number of hydrogen-bond donors (Lipinski definition) is 3. The van der Waals surface area contributed by atoms with Crippen LogP contribution in [0.4, 0.5) is 10.5 Å². The molecule has 0 unspecified atom stereocenters. The van der Waals surface area contributed by atoms with Gasteiger partial charge in [-0.1, -0.05) is 17.7 Å². The zero-order valence-electron chi connectivity index (χ0n) is 19.3. The molecule has 2 aliphatic heterocycles. The Balaban J connectivity index is 1.39. The topological polar surface area (TPSA) is 137 Å². The van der Waals surface area contributed by atoms with Crippen LogP contribution in [0, 0.1) is 13.8 Å². The number of aryl methyl sites for hydroxylation is 2. The summed E-state index contributed by atoms with van der Waals surface area (Å²) in [5.41, 5.74) is 0.905. The number of piperazine rings is 1. The van der Waals surface area contributed by atoms with E-state index < -0.39 is 17.3 Å². The van der Waals surface area contributed by atoms with Gasteiger partial charge in [-0.3, -0.25) is 23.9 Å². The Labute approximate surface area is 195 Å². The molecule has 2 aliphatic rings. The van der Waals surface area contributed by atoms with Crippen LogP contribution in [0.1, 0.15) is 24.5 Å². The van der Waals surface area contributed by atoms with Crippen LogP contribution in [0.25, 0.3) is 0 Å². The van der Waals surface area contributed by atoms with E-state index in [0.29, 0.717) is 30.8 Å². The van der Waals surface area contributed by atoms with Gasteiger partial charge in [-0.15, -0.1) is 0 Å². The van der Waals surface area contributed by atoms with E-state index >= 15 is 0 Å². The van der Waals surface area contributed by atoms with Gasteiger partial charge in [0, 0.05) is 30.5 Å². The lowest BCUT2D eigenvalue weighted by Crippen LogP contribution is -2.60. The molecule has 0 bridgehead atoms. The first-order valence-electron chi connectivity index (χ1n) is 11.2. The highest BCUT2D eigenvalue weighted by Gasteiger charge is 2.45. The molecular formula is C23H28N6O5. The highest BCUT2D eigenvalue weighted by atomic mass is 16.2. The Morgan fingerprint density at radius 2 is 1.79 bits per heavy atom. The maximum absolute atomic E-state index is 13.0. The van der Waals surface area contributed by atoms with Crippen molar-refractivity contribution in [1.82, 2.24) is 24.7 Å². The maximum Gasteiger partial charge on any atom is 0.328 e. The van der Waals surface area contributed by atoms with Crippen molar-refractivity contribution in [1.29, 1.82) is 0 Å². The molecule has 2 aromatic rings. The summed E-state index contributed by atoms with van der Waals surface area (Å²) in [5, 5.41) is 5.70. The van der Waals surface area contributed by atoms with E-state index in [0.717, 1.165) is 10.1 Å².